The Kier molecular flexibility index (Phi) is 4.97. The van der Waals surface area contributed by atoms with Gasteiger partial charge in [-0.25, -0.2) is 0 Å². The maximum absolute atomic E-state index is 9.36. The number of aryl methyl sites for hydroxylation is 2. The van der Waals surface area contributed by atoms with E-state index in [0.717, 1.165) is 12.3 Å². The van der Waals surface area contributed by atoms with E-state index in [0.29, 0.717) is 6.61 Å². The van der Waals surface area contributed by atoms with Crippen molar-refractivity contribution in [3.63, 3.8) is 0 Å². The molecule has 3 heteroatoms. The van der Waals surface area contributed by atoms with Crippen molar-refractivity contribution in [2.24, 2.45) is 0 Å². The van der Waals surface area contributed by atoms with Gasteiger partial charge in [-0.1, -0.05) is 13.0 Å². The summed E-state index contributed by atoms with van der Waals surface area (Å²) in [4.78, 5) is 0. The van der Waals surface area contributed by atoms with Crippen molar-refractivity contribution in [2.45, 2.75) is 33.2 Å². The lowest BCUT2D eigenvalue weighted by molar-refractivity contribution is 0.117. The van der Waals surface area contributed by atoms with Crippen LogP contribution in [0.25, 0.3) is 0 Å². The fourth-order valence-corrected chi connectivity index (χ4v) is 1.84. The van der Waals surface area contributed by atoms with Gasteiger partial charge in [0.15, 0.2) is 0 Å². The highest BCUT2D eigenvalue weighted by Gasteiger charge is 2.22. The largest absolute Gasteiger partial charge is 0.492 e. The Bertz CT molecular complexity index is 345. The van der Waals surface area contributed by atoms with E-state index in [1.54, 1.807) is 0 Å². The Balaban J connectivity index is 2.65. The van der Waals surface area contributed by atoms with Crippen molar-refractivity contribution in [3.05, 3.63) is 29.3 Å². The lowest BCUT2D eigenvalue weighted by Crippen LogP contribution is -2.50. The van der Waals surface area contributed by atoms with Crippen LogP contribution in [-0.2, 0) is 0 Å². The van der Waals surface area contributed by atoms with E-state index in [1.807, 2.05) is 26.0 Å². The second kappa shape index (κ2) is 6.03. The third kappa shape index (κ3) is 4.36. The molecule has 0 heterocycles. The molecule has 0 saturated carbocycles. The van der Waals surface area contributed by atoms with E-state index in [2.05, 4.69) is 25.2 Å². The summed E-state index contributed by atoms with van der Waals surface area (Å²) in [5.41, 5.74) is 2.00. The fraction of sp³-hybridized carbons (Fsp3) is 0.571. The molecular formula is C14H23NO2. The number of hydrogen-bond acceptors (Lipinski definition) is 3. The van der Waals surface area contributed by atoms with E-state index in [4.69, 9.17) is 4.74 Å². The number of benzene rings is 1. The molecule has 1 rings (SSSR count). The van der Waals surface area contributed by atoms with E-state index >= 15 is 0 Å². The molecule has 96 valence electrons. The molecule has 0 aliphatic carbocycles. The third-order valence-electron chi connectivity index (χ3n) is 2.71. The van der Waals surface area contributed by atoms with Gasteiger partial charge in [0, 0.05) is 0 Å². The molecule has 0 amide bonds. The second-order valence-corrected chi connectivity index (χ2v) is 4.86. The molecule has 1 unspecified atom stereocenters. The highest BCUT2D eigenvalue weighted by Crippen LogP contribution is 2.17. The number of ether oxygens (including phenoxy) is 1. The fourth-order valence-electron chi connectivity index (χ4n) is 1.84. The first kappa shape index (κ1) is 14.0. The van der Waals surface area contributed by atoms with Gasteiger partial charge in [-0.2, -0.15) is 0 Å². The van der Waals surface area contributed by atoms with Gasteiger partial charge >= 0.3 is 0 Å². The predicted molar refractivity (Wildman–Crippen MR) is 70.6 cm³/mol. The van der Waals surface area contributed by atoms with Crippen LogP contribution in [0.2, 0.25) is 0 Å². The first-order valence-corrected chi connectivity index (χ1v) is 6.06. The molecule has 0 aromatic heterocycles. The van der Waals surface area contributed by atoms with Crippen molar-refractivity contribution >= 4 is 0 Å². The Morgan fingerprint density at radius 2 is 1.82 bits per heavy atom. The Morgan fingerprint density at radius 3 is 2.29 bits per heavy atom. The van der Waals surface area contributed by atoms with E-state index in [9.17, 15) is 5.11 Å². The Hall–Kier alpha value is -1.06. The summed E-state index contributed by atoms with van der Waals surface area (Å²) in [7, 11) is 0. The average Bonchev–Trinajstić information content (AvgIpc) is 2.26. The summed E-state index contributed by atoms with van der Waals surface area (Å²) in [5, 5.41) is 12.6. The van der Waals surface area contributed by atoms with Crippen LogP contribution in [0.5, 0.6) is 5.75 Å². The van der Waals surface area contributed by atoms with Crippen LogP contribution in [0.3, 0.4) is 0 Å². The van der Waals surface area contributed by atoms with Crippen LogP contribution in [0.4, 0.5) is 0 Å². The minimum Gasteiger partial charge on any atom is -0.492 e. The van der Waals surface area contributed by atoms with Crippen molar-refractivity contribution < 1.29 is 9.84 Å². The van der Waals surface area contributed by atoms with Crippen molar-refractivity contribution in [1.82, 2.24) is 5.32 Å². The van der Waals surface area contributed by atoms with Crippen molar-refractivity contribution in [2.75, 3.05) is 19.8 Å². The standard InChI is InChI=1S/C14H23NO2/c1-5-15-14(4,9-16)10-17-13-7-11(2)6-12(3)8-13/h6-8,15-16H,5,9-10H2,1-4H3. The molecule has 1 aromatic rings. The van der Waals surface area contributed by atoms with Crippen LogP contribution in [0.1, 0.15) is 25.0 Å². The smallest absolute Gasteiger partial charge is 0.119 e. The number of hydrogen-bond donors (Lipinski definition) is 2. The van der Waals surface area contributed by atoms with Gasteiger partial charge in [0.1, 0.15) is 12.4 Å². The number of rotatable bonds is 6. The zero-order chi connectivity index (χ0) is 12.9. The van der Waals surface area contributed by atoms with Gasteiger partial charge in [0.25, 0.3) is 0 Å². The Morgan fingerprint density at radius 1 is 1.24 bits per heavy atom. The van der Waals surface area contributed by atoms with Crippen LogP contribution < -0.4 is 10.1 Å². The summed E-state index contributed by atoms with van der Waals surface area (Å²) in [5.74, 6) is 0.861. The average molecular weight is 237 g/mol. The first-order chi connectivity index (χ1) is 7.99. The van der Waals surface area contributed by atoms with Crippen LogP contribution >= 0.6 is 0 Å². The van der Waals surface area contributed by atoms with Crippen molar-refractivity contribution in [3.8, 4) is 5.75 Å². The van der Waals surface area contributed by atoms with Gasteiger partial charge in [0.05, 0.1) is 12.1 Å². The zero-order valence-corrected chi connectivity index (χ0v) is 11.2. The minimum atomic E-state index is -0.383. The van der Waals surface area contributed by atoms with Gasteiger partial charge in [-0.05, 0) is 50.6 Å². The minimum absolute atomic E-state index is 0.0611. The van der Waals surface area contributed by atoms with Gasteiger partial charge in [0.2, 0.25) is 0 Å². The molecular weight excluding hydrogens is 214 g/mol. The topological polar surface area (TPSA) is 41.5 Å². The highest BCUT2D eigenvalue weighted by molar-refractivity contribution is 5.33. The van der Waals surface area contributed by atoms with Crippen LogP contribution in [0, 0.1) is 13.8 Å². The summed E-state index contributed by atoms with van der Waals surface area (Å²) in [6.45, 7) is 9.41. The molecule has 0 aliphatic rings. The maximum Gasteiger partial charge on any atom is 0.119 e. The number of likely N-dealkylation sites (N-methyl/N-ethyl adjacent to an activating group) is 1. The summed E-state index contributed by atoms with van der Waals surface area (Å²) >= 11 is 0. The second-order valence-electron chi connectivity index (χ2n) is 4.86. The monoisotopic (exact) mass is 237 g/mol. The number of aliphatic hydroxyl groups excluding tert-OH is 1. The molecule has 0 saturated heterocycles. The number of nitrogens with one attached hydrogen (secondary N) is 1. The molecule has 1 aromatic carbocycles. The maximum atomic E-state index is 9.36. The van der Waals surface area contributed by atoms with Gasteiger partial charge in [-0.3, -0.25) is 0 Å². The summed E-state index contributed by atoms with van der Waals surface area (Å²) in [6, 6.07) is 6.13. The molecule has 1 atom stereocenters. The third-order valence-corrected chi connectivity index (χ3v) is 2.71. The molecule has 17 heavy (non-hydrogen) atoms. The predicted octanol–water partition coefficient (Wildman–Crippen LogP) is 2.04. The zero-order valence-electron chi connectivity index (χ0n) is 11.2. The lowest BCUT2D eigenvalue weighted by atomic mass is 10.1. The molecule has 0 fully saturated rings. The molecule has 0 radical (unpaired) electrons. The van der Waals surface area contributed by atoms with Crippen LogP contribution in [-0.4, -0.2) is 30.4 Å². The molecule has 3 nitrogen and oxygen atoms in total. The summed E-state index contributed by atoms with van der Waals surface area (Å²) < 4.78 is 5.75. The van der Waals surface area contributed by atoms with E-state index in [-0.39, 0.29) is 12.1 Å². The molecule has 0 aliphatic heterocycles. The van der Waals surface area contributed by atoms with Crippen LogP contribution in [0.15, 0.2) is 18.2 Å². The summed E-state index contributed by atoms with van der Waals surface area (Å²) in [6.07, 6.45) is 0. The van der Waals surface area contributed by atoms with Gasteiger partial charge in [-0.15, -0.1) is 0 Å². The highest BCUT2D eigenvalue weighted by atomic mass is 16.5. The SMILES string of the molecule is CCNC(C)(CO)COc1cc(C)cc(C)c1. The normalized spacial score (nSPS) is 14.4. The first-order valence-electron chi connectivity index (χ1n) is 6.06. The van der Waals surface area contributed by atoms with Crippen molar-refractivity contribution in [1.29, 1.82) is 0 Å². The van der Waals surface area contributed by atoms with Gasteiger partial charge < -0.3 is 15.2 Å². The lowest BCUT2D eigenvalue weighted by Gasteiger charge is -2.28. The van der Waals surface area contributed by atoms with E-state index in [1.165, 1.54) is 11.1 Å². The Labute approximate surface area is 104 Å². The molecule has 0 spiro atoms. The molecule has 0 bridgehead atoms. The van der Waals surface area contributed by atoms with E-state index < -0.39 is 0 Å². The quantitative estimate of drug-likeness (QED) is 0.795. The number of aliphatic hydroxyl groups is 1. The molecule has 2 N–H and O–H groups in total.